The molecule has 2 atom stereocenters. The zero-order valence-electron chi connectivity index (χ0n) is 14.8. The maximum Gasteiger partial charge on any atom is 0.416 e. The third-order valence-electron chi connectivity index (χ3n) is 5.10. The Morgan fingerprint density at radius 2 is 1.93 bits per heavy atom. The summed E-state index contributed by atoms with van der Waals surface area (Å²) in [6, 6.07) is 14.2. The van der Waals surface area contributed by atoms with Crippen molar-refractivity contribution in [2.75, 3.05) is 13.1 Å². The molecule has 1 fully saturated rings. The largest absolute Gasteiger partial charge is 0.416 e. The molecule has 0 spiro atoms. The minimum atomic E-state index is -4.34. The molecule has 27 heavy (non-hydrogen) atoms. The number of carbonyl (C=O) groups excluding carboxylic acids is 1. The van der Waals surface area contributed by atoms with Gasteiger partial charge in [-0.2, -0.15) is 18.4 Å². The molecule has 0 aliphatic carbocycles. The molecule has 0 bridgehead atoms. The monoisotopic (exact) mass is 372 g/mol. The Morgan fingerprint density at radius 1 is 1.22 bits per heavy atom. The van der Waals surface area contributed by atoms with E-state index in [9.17, 15) is 18.0 Å². The molecule has 1 aliphatic rings. The maximum atomic E-state index is 12.8. The molecular weight excluding hydrogens is 353 g/mol. The van der Waals surface area contributed by atoms with E-state index in [0.717, 1.165) is 29.7 Å². The van der Waals surface area contributed by atoms with Gasteiger partial charge in [0.1, 0.15) is 0 Å². The summed E-state index contributed by atoms with van der Waals surface area (Å²) in [6.45, 7) is 2.88. The highest BCUT2D eigenvalue weighted by molar-refractivity contribution is 5.83. The van der Waals surface area contributed by atoms with Gasteiger partial charge in [-0.15, -0.1) is 0 Å². The molecule has 2 unspecified atom stereocenters. The third-order valence-corrected chi connectivity index (χ3v) is 5.10. The van der Waals surface area contributed by atoms with Crippen molar-refractivity contribution < 1.29 is 18.0 Å². The van der Waals surface area contributed by atoms with Crippen LogP contribution in [-0.4, -0.2) is 23.9 Å². The first-order valence-corrected chi connectivity index (χ1v) is 8.75. The van der Waals surface area contributed by atoms with Crippen LogP contribution < -0.4 is 0 Å². The van der Waals surface area contributed by atoms with Gasteiger partial charge in [0.15, 0.2) is 0 Å². The van der Waals surface area contributed by atoms with Gasteiger partial charge in [0, 0.05) is 19.0 Å². The fourth-order valence-corrected chi connectivity index (χ4v) is 3.47. The molecule has 140 valence electrons. The summed E-state index contributed by atoms with van der Waals surface area (Å²) < 4.78 is 38.1. The van der Waals surface area contributed by atoms with Crippen LogP contribution >= 0.6 is 0 Å². The lowest BCUT2D eigenvalue weighted by atomic mass is 9.96. The van der Waals surface area contributed by atoms with E-state index in [0.29, 0.717) is 18.7 Å². The van der Waals surface area contributed by atoms with Gasteiger partial charge < -0.3 is 4.90 Å². The van der Waals surface area contributed by atoms with E-state index in [1.807, 2.05) is 13.0 Å². The summed E-state index contributed by atoms with van der Waals surface area (Å²) in [6.07, 6.45) is -3.62. The Hall–Kier alpha value is -2.81. The van der Waals surface area contributed by atoms with Crippen molar-refractivity contribution in [3.8, 4) is 6.07 Å². The zero-order valence-corrected chi connectivity index (χ0v) is 14.8. The molecule has 1 amide bonds. The first-order valence-electron chi connectivity index (χ1n) is 8.75. The number of likely N-dealkylation sites (tertiary alicyclic amines) is 1. The highest BCUT2D eigenvalue weighted by Gasteiger charge is 2.32. The van der Waals surface area contributed by atoms with Crippen LogP contribution in [0.5, 0.6) is 0 Å². The van der Waals surface area contributed by atoms with Crippen LogP contribution in [0.2, 0.25) is 0 Å². The minimum Gasteiger partial charge on any atom is -0.342 e. The number of benzene rings is 2. The lowest BCUT2D eigenvalue weighted by Crippen LogP contribution is -2.32. The topological polar surface area (TPSA) is 44.1 Å². The van der Waals surface area contributed by atoms with Crippen molar-refractivity contribution in [2.24, 2.45) is 0 Å². The second-order valence-corrected chi connectivity index (χ2v) is 6.85. The van der Waals surface area contributed by atoms with Crippen LogP contribution in [0.4, 0.5) is 13.2 Å². The highest BCUT2D eigenvalue weighted by Crippen LogP contribution is 2.33. The molecule has 1 aliphatic heterocycles. The zero-order chi connectivity index (χ0) is 19.6. The Bertz CT molecular complexity index is 868. The number of hydrogen-bond acceptors (Lipinski definition) is 2. The van der Waals surface area contributed by atoms with Crippen LogP contribution in [0, 0.1) is 11.3 Å². The Labute approximate surface area is 156 Å². The quantitative estimate of drug-likeness (QED) is 0.784. The second kappa shape index (κ2) is 7.43. The van der Waals surface area contributed by atoms with Gasteiger partial charge in [-0.3, -0.25) is 4.79 Å². The molecular formula is C21H19F3N2O. The summed E-state index contributed by atoms with van der Waals surface area (Å²) in [7, 11) is 0. The standard InChI is InChI=1S/C21H19F3N2O/c1-14(17-4-2-3-15(11-17)12-25)20(27)26-10-9-18(13-26)16-5-7-19(8-6-16)21(22,23)24/h2-8,11,14,18H,9-10,13H2,1H3. The molecule has 2 aromatic rings. The van der Waals surface area contributed by atoms with E-state index in [4.69, 9.17) is 5.26 Å². The normalized spacial score (nSPS) is 18.2. The average molecular weight is 372 g/mol. The predicted molar refractivity (Wildman–Crippen MR) is 95.0 cm³/mol. The summed E-state index contributed by atoms with van der Waals surface area (Å²) in [5, 5.41) is 9.01. The van der Waals surface area contributed by atoms with E-state index < -0.39 is 11.7 Å². The Balaban J connectivity index is 1.68. The fraction of sp³-hybridized carbons (Fsp3) is 0.333. The molecule has 6 heteroatoms. The number of rotatable bonds is 3. The van der Waals surface area contributed by atoms with E-state index >= 15 is 0 Å². The maximum absolute atomic E-state index is 12.8. The van der Waals surface area contributed by atoms with Crippen molar-refractivity contribution in [3.63, 3.8) is 0 Å². The van der Waals surface area contributed by atoms with Crippen LogP contribution in [0.15, 0.2) is 48.5 Å². The molecule has 0 aromatic heterocycles. The van der Waals surface area contributed by atoms with E-state index in [-0.39, 0.29) is 17.7 Å². The van der Waals surface area contributed by atoms with Crippen LogP contribution in [0.1, 0.15) is 47.4 Å². The van der Waals surface area contributed by atoms with Crippen molar-refractivity contribution in [1.82, 2.24) is 4.90 Å². The molecule has 1 saturated heterocycles. The first-order chi connectivity index (χ1) is 12.8. The van der Waals surface area contributed by atoms with Crippen molar-refractivity contribution in [2.45, 2.75) is 31.4 Å². The number of carbonyl (C=O) groups is 1. The molecule has 2 aromatic carbocycles. The molecule has 0 saturated carbocycles. The van der Waals surface area contributed by atoms with Gasteiger partial charge in [-0.25, -0.2) is 0 Å². The Kier molecular flexibility index (Phi) is 5.22. The first kappa shape index (κ1) is 19.0. The van der Waals surface area contributed by atoms with Gasteiger partial charge >= 0.3 is 6.18 Å². The lowest BCUT2D eigenvalue weighted by Gasteiger charge is -2.21. The smallest absolute Gasteiger partial charge is 0.342 e. The molecule has 0 N–H and O–H groups in total. The van der Waals surface area contributed by atoms with Crippen molar-refractivity contribution in [3.05, 3.63) is 70.8 Å². The van der Waals surface area contributed by atoms with Crippen LogP contribution in [-0.2, 0) is 11.0 Å². The number of alkyl halides is 3. The molecule has 0 radical (unpaired) electrons. The van der Waals surface area contributed by atoms with Crippen LogP contribution in [0.3, 0.4) is 0 Å². The number of amides is 1. The highest BCUT2D eigenvalue weighted by atomic mass is 19.4. The molecule has 3 nitrogen and oxygen atoms in total. The molecule has 1 heterocycles. The van der Waals surface area contributed by atoms with E-state index in [2.05, 4.69) is 6.07 Å². The van der Waals surface area contributed by atoms with E-state index in [1.165, 1.54) is 12.1 Å². The van der Waals surface area contributed by atoms with Crippen molar-refractivity contribution in [1.29, 1.82) is 5.26 Å². The summed E-state index contributed by atoms with van der Waals surface area (Å²) in [5.41, 5.74) is 1.45. The van der Waals surface area contributed by atoms with E-state index in [1.54, 1.807) is 23.1 Å². The number of nitrogens with zero attached hydrogens (tertiary/aromatic N) is 2. The number of halogens is 3. The number of hydrogen-bond donors (Lipinski definition) is 0. The predicted octanol–water partition coefficient (Wildman–Crippen LogP) is 4.70. The van der Waals surface area contributed by atoms with Gasteiger partial charge in [-0.05, 0) is 48.7 Å². The second-order valence-electron chi connectivity index (χ2n) is 6.85. The van der Waals surface area contributed by atoms with Gasteiger partial charge in [-0.1, -0.05) is 24.3 Å². The van der Waals surface area contributed by atoms with Crippen LogP contribution in [0.25, 0.3) is 0 Å². The summed E-state index contributed by atoms with van der Waals surface area (Å²) >= 11 is 0. The lowest BCUT2D eigenvalue weighted by molar-refractivity contribution is -0.137. The Morgan fingerprint density at radius 3 is 2.56 bits per heavy atom. The summed E-state index contributed by atoms with van der Waals surface area (Å²) in [4.78, 5) is 14.6. The average Bonchev–Trinajstić information content (AvgIpc) is 3.16. The van der Waals surface area contributed by atoms with Crippen molar-refractivity contribution >= 4 is 5.91 Å². The van der Waals surface area contributed by atoms with Gasteiger partial charge in [0.05, 0.1) is 23.1 Å². The minimum absolute atomic E-state index is 0.0282. The van der Waals surface area contributed by atoms with Gasteiger partial charge in [0.2, 0.25) is 5.91 Å². The summed E-state index contributed by atoms with van der Waals surface area (Å²) in [5.74, 6) is -0.363. The number of nitriles is 1. The fourth-order valence-electron chi connectivity index (χ4n) is 3.47. The SMILES string of the molecule is CC(C(=O)N1CCC(c2ccc(C(F)(F)F)cc2)C1)c1cccc(C#N)c1. The van der Waals surface area contributed by atoms with Gasteiger partial charge in [0.25, 0.3) is 0 Å². The third kappa shape index (κ3) is 4.13. The molecule has 3 rings (SSSR count).